The molecular formula is C12H16N4O2S. The maximum Gasteiger partial charge on any atom is 0.220 e. The van der Waals surface area contributed by atoms with E-state index in [1.54, 1.807) is 17.6 Å². The summed E-state index contributed by atoms with van der Waals surface area (Å²) in [7, 11) is 1.61. The lowest BCUT2D eigenvalue weighted by Crippen LogP contribution is -2.23. The van der Waals surface area contributed by atoms with Crippen molar-refractivity contribution in [2.45, 2.75) is 6.54 Å². The van der Waals surface area contributed by atoms with Crippen LogP contribution in [0.5, 0.6) is 0 Å². The fourth-order valence-corrected chi connectivity index (χ4v) is 2.26. The Bertz CT molecular complexity index is 531. The summed E-state index contributed by atoms with van der Waals surface area (Å²) in [6.45, 7) is 1.72. The molecule has 1 amide bonds. The maximum atomic E-state index is 10.8. The van der Waals surface area contributed by atoms with Gasteiger partial charge in [0.25, 0.3) is 0 Å². The van der Waals surface area contributed by atoms with Crippen molar-refractivity contribution in [3.63, 3.8) is 0 Å². The molecule has 2 aromatic rings. The highest BCUT2D eigenvalue weighted by Gasteiger charge is 2.05. The first-order valence-electron chi connectivity index (χ1n) is 5.87. The van der Waals surface area contributed by atoms with Crippen LogP contribution in [0.4, 0.5) is 0 Å². The number of aromatic amines is 1. The average Bonchev–Trinajstić information content (AvgIpc) is 2.91. The molecule has 7 heteroatoms. The summed E-state index contributed by atoms with van der Waals surface area (Å²) >= 11 is 1.27. The topological polar surface area (TPSA) is 70.2 Å². The first kappa shape index (κ1) is 13.9. The summed E-state index contributed by atoms with van der Waals surface area (Å²) in [4.78, 5) is 18.1. The highest BCUT2D eigenvalue weighted by Crippen LogP contribution is 2.15. The molecule has 0 saturated heterocycles. The Morgan fingerprint density at radius 2 is 2.47 bits per heavy atom. The first-order valence-corrected chi connectivity index (χ1v) is 6.64. The zero-order valence-electron chi connectivity index (χ0n) is 10.6. The van der Waals surface area contributed by atoms with Crippen molar-refractivity contribution in [3.05, 3.63) is 30.1 Å². The summed E-state index contributed by atoms with van der Waals surface area (Å²) in [6.07, 6.45) is 4.42. The van der Waals surface area contributed by atoms with Gasteiger partial charge in [0.15, 0.2) is 0 Å². The number of rotatable bonds is 8. The number of hydrogen-bond acceptors (Lipinski definition) is 5. The van der Waals surface area contributed by atoms with Gasteiger partial charge in [-0.15, -0.1) is 0 Å². The zero-order chi connectivity index (χ0) is 13.5. The fraction of sp³-hybridized carbons (Fsp3) is 0.333. The lowest BCUT2D eigenvalue weighted by molar-refractivity contribution is -0.114. The van der Waals surface area contributed by atoms with Crippen molar-refractivity contribution in [2.24, 2.45) is 0 Å². The molecule has 102 valence electrons. The van der Waals surface area contributed by atoms with E-state index in [0.717, 1.165) is 23.0 Å². The number of nitrogens with one attached hydrogen (secondary N) is 2. The summed E-state index contributed by atoms with van der Waals surface area (Å²) < 4.78 is 9.64. The van der Waals surface area contributed by atoms with E-state index in [1.165, 1.54) is 12.1 Å². The molecule has 0 aliphatic rings. The van der Waals surface area contributed by atoms with Crippen molar-refractivity contribution < 1.29 is 9.53 Å². The van der Waals surface area contributed by atoms with Crippen molar-refractivity contribution in [3.8, 4) is 0 Å². The maximum absolute atomic E-state index is 10.8. The van der Waals surface area contributed by atoms with Gasteiger partial charge in [-0.2, -0.15) is 0 Å². The van der Waals surface area contributed by atoms with Crippen molar-refractivity contribution in [1.82, 2.24) is 19.0 Å². The first-order chi connectivity index (χ1) is 9.35. The van der Waals surface area contributed by atoms with Crippen LogP contribution in [0.1, 0.15) is 5.56 Å². The van der Waals surface area contributed by atoms with E-state index in [9.17, 15) is 4.79 Å². The van der Waals surface area contributed by atoms with Crippen LogP contribution < -0.4 is 4.72 Å². The average molecular weight is 280 g/mol. The second-order valence-corrected chi connectivity index (χ2v) is 4.80. The molecule has 0 fully saturated rings. The number of pyridine rings is 1. The Hall–Kier alpha value is -1.57. The molecule has 0 aromatic carbocycles. The minimum atomic E-state index is 0.519. The van der Waals surface area contributed by atoms with Crippen LogP contribution in [0.15, 0.2) is 24.5 Å². The molecule has 0 atom stereocenters. The van der Waals surface area contributed by atoms with Crippen molar-refractivity contribution >= 4 is 29.6 Å². The monoisotopic (exact) mass is 280 g/mol. The highest BCUT2D eigenvalue weighted by molar-refractivity contribution is 7.95. The molecule has 6 nitrogen and oxygen atoms in total. The van der Waals surface area contributed by atoms with Crippen molar-refractivity contribution in [1.29, 1.82) is 0 Å². The van der Waals surface area contributed by atoms with Gasteiger partial charge >= 0.3 is 0 Å². The van der Waals surface area contributed by atoms with E-state index < -0.39 is 0 Å². The van der Waals surface area contributed by atoms with Gasteiger partial charge in [-0.3, -0.25) is 9.10 Å². The number of carbonyl (C=O) groups is 1. The highest BCUT2D eigenvalue weighted by atomic mass is 32.2. The van der Waals surface area contributed by atoms with Crippen LogP contribution >= 0.6 is 12.1 Å². The second kappa shape index (κ2) is 7.13. The third kappa shape index (κ3) is 3.69. The molecule has 0 aliphatic carbocycles. The molecule has 0 saturated carbocycles. The fourth-order valence-electron chi connectivity index (χ4n) is 1.67. The molecule has 2 aromatic heterocycles. The SMILES string of the molecule is COCCN(C=O)SNCc1ccnc2[nH]ccc12. The third-order valence-electron chi connectivity index (χ3n) is 2.63. The molecule has 0 unspecified atom stereocenters. The molecular weight excluding hydrogens is 264 g/mol. The minimum Gasteiger partial charge on any atom is -0.383 e. The van der Waals surface area contributed by atoms with Gasteiger partial charge < -0.3 is 9.72 Å². The van der Waals surface area contributed by atoms with Gasteiger partial charge in [-0.25, -0.2) is 9.71 Å². The van der Waals surface area contributed by atoms with Crippen molar-refractivity contribution in [2.75, 3.05) is 20.3 Å². The van der Waals surface area contributed by atoms with Gasteiger partial charge in [0.05, 0.1) is 13.2 Å². The Balaban J connectivity index is 1.88. The Morgan fingerprint density at radius 3 is 3.26 bits per heavy atom. The molecule has 2 N–H and O–H groups in total. The van der Waals surface area contributed by atoms with Crippen LogP contribution in [0.25, 0.3) is 11.0 Å². The van der Waals surface area contributed by atoms with Crippen LogP contribution in [0.2, 0.25) is 0 Å². The quantitative estimate of drug-likeness (QED) is 0.564. The summed E-state index contributed by atoms with van der Waals surface area (Å²) in [5.74, 6) is 0. The predicted octanol–water partition coefficient (Wildman–Crippen LogP) is 1.32. The number of methoxy groups -OCH3 is 1. The molecule has 2 rings (SSSR count). The largest absolute Gasteiger partial charge is 0.383 e. The number of aromatic nitrogens is 2. The zero-order valence-corrected chi connectivity index (χ0v) is 11.4. The molecule has 2 heterocycles. The Kier molecular flexibility index (Phi) is 5.20. The number of fused-ring (bicyclic) bond motifs is 1. The van der Waals surface area contributed by atoms with E-state index in [0.29, 0.717) is 19.7 Å². The lowest BCUT2D eigenvalue weighted by Gasteiger charge is -2.15. The molecule has 0 spiro atoms. The second-order valence-electron chi connectivity index (χ2n) is 3.86. The number of nitrogens with zero attached hydrogens (tertiary/aromatic N) is 2. The Morgan fingerprint density at radius 1 is 1.58 bits per heavy atom. The summed E-state index contributed by atoms with van der Waals surface area (Å²) in [6, 6.07) is 3.95. The van der Waals surface area contributed by atoms with E-state index in [4.69, 9.17) is 4.74 Å². The summed E-state index contributed by atoms with van der Waals surface area (Å²) in [5.41, 5.74) is 2.01. The van der Waals surface area contributed by atoms with E-state index in [2.05, 4.69) is 14.7 Å². The number of carbonyl (C=O) groups excluding carboxylic acids is 1. The van der Waals surface area contributed by atoms with Crippen LogP contribution in [-0.2, 0) is 16.1 Å². The van der Waals surface area contributed by atoms with Gasteiger partial charge in [-0.1, -0.05) is 0 Å². The molecule has 0 bridgehead atoms. The third-order valence-corrected chi connectivity index (χ3v) is 3.40. The predicted molar refractivity (Wildman–Crippen MR) is 75.2 cm³/mol. The lowest BCUT2D eigenvalue weighted by atomic mass is 10.2. The number of amides is 1. The van der Waals surface area contributed by atoms with Crippen LogP contribution in [-0.4, -0.2) is 40.9 Å². The van der Waals surface area contributed by atoms with Crippen LogP contribution in [0.3, 0.4) is 0 Å². The van der Waals surface area contributed by atoms with E-state index >= 15 is 0 Å². The molecule has 19 heavy (non-hydrogen) atoms. The van der Waals surface area contributed by atoms with Gasteiger partial charge in [0.2, 0.25) is 6.41 Å². The Labute approximate surface area is 115 Å². The number of hydrogen-bond donors (Lipinski definition) is 2. The number of H-pyrrole nitrogens is 1. The van der Waals surface area contributed by atoms with E-state index in [-0.39, 0.29) is 0 Å². The molecule has 0 aliphatic heterocycles. The van der Waals surface area contributed by atoms with Gasteiger partial charge in [0.1, 0.15) is 5.65 Å². The van der Waals surface area contributed by atoms with Crippen LogP contribution in [0, 0.1) is 0 Å². The minimum absolute atomic E-state index is 0.519. The van der Waals surface area contributed by atoms with E-state index in [1.807, 2.05) is 18.3 Å². The van der Waals surface area contributed by atoms with Gasteiger partial charge in [0, 0.05) is 43.6 Å². The van der Waals surface area contributed by atoms with Gasteiger partial charge in [-0.05, 0) is 17.7 Å². The standard InChI is InChI=1S/C12H16N4O2S/c1-18-7-6-16(9-17)19-15-8-10-2-4-13-12-11(10)3-5-14-12/h2-5,9,15H,6-8H2,1H3,(H,13,14). The normalized spacial score (nSPS) is 10.8. The molecule has 0 radical (unpaired) electrons. The summed E-state index contributed by atoms with van der Waals surface area (Å²) in [5, 5.41) is 1.09. The smallest absolute Gasteiger partial charge is 0.220 e. The number of ether oxygens (including phenoxy) is 1.